The zero-order valence-electron chi connectivity index (χ0n) is 17.7. The summed E-state index contributed by atoms with van der Waals surface area (Å²) in [5.41, 5.74) is 22.5. The Bertz CT molecular complexity index is 693. The third-order valence-corrected chi connectivity index (χ3v) is 4.27. The van der Waals surface area contributed by atoms with Gasteiger partial charge in [-0.3, -0.25) is 15.4 Å². The van der Waals surface area contributed by atoms with Crippen molar-refractivity contribution in [2.75, 3.05) is 19.7 Å². The highest BCUT2D eigenvalue weighted by Gasteiger charge is 1.97. The lowest BCUT2D eigenvalue weighted by molar-refractivity contribution is 0.314. The second-order valence-electron chi connectivity index (χ2n) is 6.91. The maximum atomic E-state index is 7.36. The van der Waals surface area contributed by atoms with Gasteiger partial charge < -0.3 is 27.7 Å². The van der Waals surface area contributed by atoms with Crippen molar-refractivity contribution in [2.45, 2.75) is 51.4 Å². The number of hydrogen-bond donors (Lipinski definition) is 5. The average Bonchev–Trinajstić information content (AvgIpc) is 2.72. The van der Waals surface area contributed by atoms with Crippen LogP contribution >= 0.6 is 0 Å². The van der Waals surface area contributed by atoms with Crippen LogP contribution in [0, 0.1) is 5.41 Å². The van der Waals surface area contributed by atoms with Crippen LogP contribution in [0.15, 0.2) is 39.2 Å². The number of hydrogen-bond acceptors (Lipinski definition) is 4. The summed E-state index contributed by atoms with van der Waals surface area (Å²) in [5.74, 6) is 1.30. The lowest BCUT2D eigenvalue weighted by Crippen LogP contribution is -2.22. The summed E-state index contributed by atoms with van der Waals surface area (Å²) >= 11 is 0. The molecule has 0 aliphatic heterocycles. The quantitative estimate of drug-likeness (QED) is 0.167. The maximum absolute atomic E-state index is 7.36. The number of nitrogens with two attached hydrogens (primary N) is 4. The van der Waals surface area contributed by atoms with E-state index in [2.05, 4.69) is 15.0 Å². The molecule has 0 heterocycles. The van der Waals surface area contributed by atoms with Gasteiger partial charge in [-0.25, -0.2) is 4.99 Å². The van der Waals surface area contributed by atoms with E-state index in [-0.39, 0.29) is 11.8 Å². The number of ether oxygens (including phenoxy) is 1. The van der Waals surface area contributed by atoms with E-state index in [4.69, 9.17) is 33.1 Å². The van der Waals surface area contributed by atoms with Crippen molar-refractivity contribution < 1.29 is 4.74 Å². The zero-order valence-corrected chi connectivity index (χ0v) is 17.7. The smallest absolute Gasteiger partial charge is 0.214 e. The molecular weight excluding hydrogens is 380 g/mol. The summed E-state index contributed by atoms with van der Waals surface area (Å²) in [6.07, 6.45) is 10.0. The number of nitrogens with one attached hydrogen (secondary N) is 1. The number of rotatable bonds is 15. The fourth-order valence-electron chi connectivity index (χ4n) is 2.63. The van der Waals surface area contributed by atoms with E-state index in [1.165, 1.54) is 12.8 Å². The molecule has 0 bridgehead atoms. The van der Waals surface area contributed by atoms with Gasteiger partial charge in [0.2, 0.25) is 5.96 Å². The highest BCUT2D eigenvalue weighted by Crippen LogP contribution is 2.12. The fourth-order valence-corrected chi connectivity index (χ4v) is 2.63. The third kappa shape index (κ3) is 13.1. The van der Waals surface area contributed by atoms with E-state index in [0.717, 1.165) is 44.3 Å². The molecule has 1 rings (SSSR count). The summed E-state index contributed by atoms with van der Waals surface area (Å²) in [7, 11) is 0. The molecule has 166 valence electrons. The highest BCUT2D eigenvalue weighted by atomic mass is 16.5. The second-order valence-corrected chi connectivity index (χ2v) is 6.91. The van der Waals surface area contributed by atoms with Gasteiger partial charge in [0.05, 0.1) is 6.61 Å². The van der Waals surface area contributed by atoms with Crippen molar-refractivity contribution >= 4 is 24.0 Å². The van der Waals surface area contributed by atoms with Gasteiger partial charge in [-0.1, -0.05) is 25.7 Å². The number of guanidine groups is 2. The average molecular weight is 417 g/mol. The first-order valence-electron chi connectivity index (χ1n) is 10.4. The van der Waals surface area contributed by atoms with Gasteiger partial charge in [0.15, 0.2) is 5.96 Å². The molecule has 30 heavy (non-hydrogen) atoms. The summed E-state index contributed by atoms with van der Waals surface area (Å²) in [6.45, 7) is 1.99. The zero-order chi connectivity index (χ0) is 22.0. The molecule has 1 aromatic rings. The predicted molar refractivity (Wildman–Crippen MR) is 126 cm³/mol. The molecule has 0 radical (unpaired) electrons. The molecule has 0 aliphatic rings. The summed E-state index contributed by atoms with van der Waals surface area (Å²) in [4.78, 5) is 12.4. The normalized spacial score (nSPS) is 11.5. The Hall–Kier alpha value is -3.10. The molecule has 0 unspecified atom stereocenters. The van der Waals surface area contributed by atoms with Crippen LogP contribution < -0.4 is 27.7 Å². The number of nitrogen functional groups attached to an aromatic ring is 1. The maximum Gasteiger partial charge on any atom is 0.214 e. The molecule has 0 spiro atoms. The van der Waals surface area contributed by atoms with Gasteiger partial charge in [0.25, 0.3) is 0 Å². The Kier molecular flexibility index (Phi) is 13.1. The lowest BCUT2D eigenvalue weighted by atomic mass is 10.1. The van der Waals surface area contributed by atoms with Crippen molar-refractivity contribution in [3.63, 3.8) is 0 Å². The van der Waals surface area contributed by atoms with Gasteiger partial charge in [-0.05, 0) is 49.9 Å². The van der Waals surface area contributed by atoms with Gasteiger partial charge in [0, 0.05) is 24.9 Å². The van der Waals surface area contributed by atoms with E-state index >= 15 is 0 Å². The van der Waals surface area contributed by atoms with Crippen LogP contribution in [0.1, 0.15) is 56.9 Å². The summed E-state index contributed by atoms with van der Waals surface area (Å²) < 4.78 is 5.64. The number of nitrogens with zero attached hydrogens (tertiary/aromatic N) is 3. The Balaban J connectivity index is 2.01. The first-order chi connectivity index (χ1) is 14.5. The fraction of sp³-hybridized carbons (Fsp3) is 0.524. The van der Waals surface area contributed by atoms with Gasteiger partial charge in [-0.2, -0.15) is 0 Å². The van der Waals surface area contributed by atoms with E-state index in [1.807, 2.05) is 12.1 Å². The number of unbranched alkanes of at least 4 members (excludes halogenated alkanes) is 6. The molecule has 9 N–H and O–H groups in total. The third-order valence-electron chi connectivity index (χ3n) is 4.27. The first kappa shape index (κ1) is 24.9. The van der Waals surface area contributed by atoms with E-state index in [9.17, 15) is 0 Å². The van der Waals surface area contributed by atoms with Crippen molar-refractivity contribution in [1.29, 1.82) is 5.41 Å². The van der Waals surface area contributed by atoms with Crippen molar-refractivity contribution in [3.8, 4) is 5.75 Å². The molecule has 1 aromatic carbocycles. The molecule has 0 amide bonds. The van der Waals surface area contributed by atoms with Crippen molar-refractivity contribution in [2.24, 2.45) is 37.9 Å². The van der Waals surface area contributed by atoms with Crippen LogP contribution in [-0.4, -0.2) is 43.7 Å². The SMILES string of the molecule is N=C(N)c1ccc(OCCC/C=N/C(N)=NCCCCCCCCN=C(N)N)cc1. The largest absolute Gasteiger partial charge is 0.494 e. The predicted octanol–water partition coefficient (Wildman–Crippen LogP) is 2.13. The molecule has 0 aromatic heterocycles. The Morgan fingerprint density at radius 1 is 0.833 bits per heavy atom. The van der Waals surface area contributed by atoms with Crippen molar-refractivity contribution in [3.05, 3.63) is 29.8 Å². The van der Waals surface area contributed by atoms with E-state index < -0.39 is 0 Å². The van der Waals surface area contributed by atoms with Crippen LogP contribution in [0.5, 0.6) is 5.75 Å². The summed E-state index contributed by atoms with van der Waals surface area (Å²) in [5, 5.41) is 7.36. The molecule has 0 saturated carbocycles. The second kappa shape index (κ2) is 15.8. The number of amidine groups is 1. The van der Waals surface area contributed by atoms with Crippen LogP contribution in [0.4, 0.5) is 0 Å². The van der Waals surface area contributed by atoms with Crippen LogP contribution in [-0.2, 0) is 0 Å². The van der Waals surface area contributed by atoms with E-state index in [0.29, 0.717) is 31.2 Å². The summed E-state index contributed by atoms with van der Waals surface area (Å²) in [6, 6.07) is 7.15. The number of benzene rings is 1. The first-order valence-corrected chi connectivity index (χ1v) is 10.4. The minimum Gasteiger partial charge on any atom is -0.494 e. The highest BCUT2D eigenvalue weighted by molar-refractivity contribution is 5.94. The topological polar surface area (TPSA) is 174 Å². The Morgan fingerprint density at radius 3 is 2.03 bits per heavy atom. The molecule has 0 atom stereocenters. The molecule has 0 saturated heterocycles. The Labute approximate surface area is 179 Å². The van der Waals surface area contributed by atoms with E-state index in [1.54, 1.807) is 18.3 Å². The van der Waals surface area contributed by atoms with Crippen LogP contribution in [0.25, 0.3) is 0 Å². The van der Waals surface area contributed by atoms with Crippen LogP contribution in [0.2, 0.25) is 0 Å². The van der Waals surface area contributed by atoms with Gasteiger partial charge >= 0.3 is 0 Å². The molecule has 0 fully saturated rings. The standard InChI is InChI=1S/C21H36N8O/c22-19(23)17-9-11-18(12-10-17)30-16-8-7-15-29-21(26)28-14-6-4-2-1-3-5-13-27-20(24)25/h9-12,15H,1-8,13-14,16H2,(H3,22,23)(H2,26,28)(H4,24,25,27)/b29-15+. The van der Waals surface area contributed by atoms with Gasteiger partial charge in [-0.15, -0.1) is 0 Å². The van der Waals surface area contributed by atoms with Crippen LogP contribution in [0.3, 0.4) is 0 Å². The molecule has 0 aliphatic carbocycles. The molecular formula is C21H36N8O. The minimum absolute atomic E-state index is 0.0491. The molecule has 9 nitrogen and oxygen atoms in total. The van der Waals surface area contributed by atoms with Gasteiger partial charge in [0.1, 0.15) is 11.6 Å². The van der Waals surface area contributed by atoms with Crippen molar-refractivity contribution in [1.82, 2.24) is 0 Å². The Morgan fingerprint density at radius 2 is 1.43 bits per heavy atom. The lowest BCUT2D eigenvalue weighted by Gasteiger charge is -2.05. The monoisotopic (exact) mass is 416 g/mol. The molecule has 9 heteroatoms. The minimum atomic E-state index is 0.0491. The number of aliphatic imine (C=N–C) groups is 3.